The van der Waals surface area contributed by atoms with Crippen molar-refractivity contribution in [2.45, 2.75) is 52.1 Å². The van der Waals surface area contributed by atoms with Gasteiger partial charge in [-0.3, -0.25) is 9.59 Å². The zero-order valence-electron chi connectivity index (χ0n) is 11.4. The minimum Gasteiger partial charge on any atom is -0.396 e. The molecular weight excluding hydrogens is 232 g/mol. The van der Waals surface area contributed by atoms with Crippen molar-refractivity contribution in [3.63, 3.8) is 0 Å². The number of hydrogen-bond acceptors (Lipinski definition) is 3. The monoisotopic (exact) mass is 256 g/mol. The number of hydrogen-bond donors (Lipinski definition) is 3. The van der Waals surface area contributed by atoms with Crippen LogP contribution >= 0.6 is 0 Å². The SMILES string of the molecule is CC(=O)NC(C(=O)NC1CCCC1CO)C(C)C. The minimum atomic E-state index is -0.498. The lowest BCUT2D eigenvalue weighted by atomic mass is 10.0. The second kappa shape index (κ2) is 6.73. The Labute approximate surface area is 108 Å². The van der Waals surface area contributed by atoms with Gasteiger partial charge in [0.25, 0.3) is 0 Å². The molecule has 0 bridgehead atoms. The average Bonchev–Trinajstić information content (AvgIpc) is 2.72. The van der Waals surface area contributed by atoms with E-state index in [9.17, 15) is 14.7 Å². The maximum Gasteiger partial charge on any atom is 0.243 e. The van der Waals surface area contributed by atoms with Gasteiger partial charge in [0.15, 0.2) is 0 Å². The van der Waals surface area contributed by atoms with E-state index in [1.54, 1.807) is 0 Å². The lowest BCUT2D eigenvalue weighted by Gasteiger charge is -2.25. The Hall–Kier alpha value is -1.10. The minimum absolute atomic E-state index is 0.0394. The molecule has 1 rings (SSSR count). The van der Waals surface area contributed by atoms with Gasteiger partial charge in [-0.05, 0) is 18.8 Å². The van der Waals surface area contributed by atoms with E-state index in [0.717, 1.165) is 19.3 Å². The Bertz CT molecular complexity index is 305. The largest absolute Gasteiger partial charge is 0.396 e. The highest BCUT2D eigenvalue weighted by Crippen LogP contribution is 2.25. The van der Waals surface area contributed by atoms with Crippen LogP contribution in [0.15, 0.2) is 0 Å². The van der Waals surface area contributed by atoms with Gasteiger partial charge < -0.3 is 15.7 Å². The zero-order chi connectivity index (χ0) is 13.7. The highest BCUT2D eigenvalue weighted by atomic mass is 16.3. The van der Waals surface area contributed by atoms with Gasteiger partial charge in [-0.2, -0.15) is 0 Å². The van der Waals surface area contributed by atoms with Crippen molar-refractivity contribution in [1.82, 2.24) is 10.6 Å². The van der Waals surface area contributed by atoms with Crippen LogP contribution in [0.1, 0.15) is 40.0 Å². The topological polar surface area (TPSA) is 78.4 Å². The van der Waals surface area contributed by atoms with Crippen molar-refractivity contribution in [3.05, 3.63) is 0 Å². The average molecular weight is 256 g/mol. The van der Waals surface area contributed by atoms with Crippen LogP contribution in [0, 0.1) is 11.8 Å². The Morgan fingerprint density at radius 1 is 1.33 bits per heavy atom. The van der Waals surface area contributed by atoms with E-state index in [0.29, 0.717) is 0 Å². The molecule has 0 radical (unpaired) electrons. The first-order valence-corrected chi connectivity index (χ1v) is 6.64. The molecule has 5 nitrogen and oxygen atoms in total. The Kier molecular flexibility index (Phi) is 5.59. The first-order chi connectivity index (χ1) is 8.45. The van der Waals surface area contributed by atoms with Crippen LogP contribution in [0.3, 0.4) is 0 Å². The fraction of sp³-hybridized carbons (Fsp3) is 0.846. The maximum absolute atomic E-state index is 12.1. The first kappa shape index (κ1) is 15.0. The summed E-state index contributed by atoms with van der Waals surface area (Å²) in [4.78, 5) is 23.2. The fourth-order valence-electron chi connectivity index (χ4n) is 2.47. The van der Waals surface area contributed by atoms with Crippen molar-refractivity contribution in [2.75, 3.05) is 6.61 Å². The van der Waals surface area contributed by atoms with Crippen LogP contribution < -0.4 is 10.6 Å². The summed E-state index contributed by atoms with van der Waals surface area (Å²) in [5.74, 6) is -0.151. The summed E-state index contributed by atoms with van der Waals surface area (Å²) in [7, 11) is 0. The van der Waals surface area contributed by atoms with Crippen molar-refractivity contribution < 1.29 is 14.7 Å². The number of amides is 2. The number of aliphatic hydroxyl groups excluding tert-OH is 1. The van der Waals surface area contributed by atoms with Crippen LogP contribution in [-0.4, -0.2) is 35.6 Å². The van der Waals surface area contributed by atoms with E-state index in [1.807, 2.05) is 13.8 Å². The molecule has 0 aromatic rings. The predicted molar refractivity (Wildman–Crippen MR) is 68.8 cm³/mol. The summed E-state index contributed by atoms with van der Waals surface area (Å²) in [6, 6.07) is -0.458. The standard InChI is InChI=1S/C13H24N2O3/c1-8(2)12(14-9(3)17)13(18)15-11-6-4-5-10(11)7-16/h8,10-12,16H,4-7H2,1-3H3,(H,14,17)(H,15,18). The molecule has 1 aliphatic carbocycles. The molecule has 0 aliphatic heterocycles. The second-order valence-electron chi connectivity index (χ2n) is 5.41. The summed E-state index contributed by atoms with van der Waals surface area (Å²) in [5, 5.41) is 14.8. The predicted octanol–water partition coefficient (Wildman–Crippen LogP) is 0.424. The van der Waals surface area contributed by atoms with Gasteiger partial charge in [0.1, 0.15) is 6.04 Å². The van der Waals surface area contributed by atoms with Crippen LogP contribution in [0.2, 0.25) is 0 Å². The van der Waals surface area contributed by atoms with Crippen LogP contribution in [0.5, 0.6) is 0 Å². The lowest BCUT2D eigenvalue weighted by Crippen LogP contribution is -2.52. The molecule has 104 valence electrons. The molecule has 1 saturated carbocycles. The van der Waals surface area contributed by atoms with E-state index in [1.165, 1.54) is 6.92 Å². The quantitative estimate of drug-likeness (QED) is 0.667. The van der Waals surface area contributed by atoms with E-state index in [2.05, 4.69) is 10.6 Å². The molecule has 1 fully saturated rings. The fourth-order valence-corrected chi connectivity index (χ4v) is 2.47. The molecule has 2 amide bonds. The number of carbonyl (C=O) groups is 2. The van der Waals surface area contributed by atoms with E-state index >= 15 is 0 Å². The molecule has 1 aliphatic rings. The van der Waals surface area contributed by atoms with Crippen molar-refractivity contribution in [2.24, 2.45) is 11.8 Å². The van der Waals surface area contributed by atoms with Gasteiger partial charge in [0.2, 0.25) is 11.8 Å². The van der Waals surface area contributed by atoms with Crippen molar-refractivity contribution in [3.8, 4) is 0 Å². The van der Waals surface area contributed by atoms with Crippen molar-refractivity contribution >= 4 is 11.8 Å². The normalized spacial score (nSPS) is 24.9. The second-order valence-corrected chi connectivity index (χ2v) is 5.41. The molecule has 3 unspecified atom stereocenters. The first-order valence-electron chi connectivity index (χ1n) is 6.64. The third-order valence-electron chi connectivity index (χ3n) is 3.53. The molecule has 0 spiro atoms. The Morgan fingerprint density at radius 2 is 2.00 bits per heavy atom. The van der Waals surface area contributed by atoms with Crippen LogP contribution in [0.25, 0.3) is 0 Å². The highest BCUT2D eigenvalue weighted by molar-refractivity contribution is 5.87. The van der Waals surface area contributed by atoms with Gasteiger partial charge in [0, 0.05) is 25.5 Å². The van der Waals surface area contributed by atoms with Crippen LogP contribution in [0.4, 0.5) is 0 Å². The van der Waals surface area contributed by atoms with Gasteiger partial charge in [0.05, 0.1) is 0 Å². The number of aliphatic hydroxyl groups is 1. The lowest BCUT2D eigenvalue weighted by molar-refractivity contribution is -0.129. The Morgan fingerprint density at radius 3 is 2.50 bits per heavy atom. The van der Waals surface area contributed by atoms with Gasteiger partial charge >= 0.3 is 0 Å². The maximum atomic E-state index is 12.1. The number of nitrogens with one attached hydrogen (secondary N) is 2. The third-order valence-corrected chi connectivity index (χ3v) is 3.53. The molecule has 3 N–H and O–H groups in total. The van der Waals surface area contributed by atoms with E-state index in [4.69, 9.17) is 0 Å². The molecule has 18 heavy (non-hydrogen) atoms. The summed E-state index contributed by atoms with van der Waals surface area (Å²) in [5.41, 5.74) is 0. The zero-order valence-corrected chi connectivity index (χ0v) is 11.4. The van der Waals surface area contributed by atoms with E-state index < -0.39 is 6.04 Å². The molecule has 5 heteroatoms. The molecule has 0 saturated heterocycles. The van der Waals surface area contributed by atoms with Gasteiger partial charge in [-0.15, -0.1) is 0 Å². The van der Waals surface area contributed by atoms with Crippen LogP contribution in [-0.2, 0) is 9.59 Å². The van der Waals surface area contributed by atoms with E-state index in [-0.39, 0.29) is 36.3 Å². The summed E-state index contributed by atoms with van der Waals surface area (Å²) >= 11 is 0. The smallest absolute Gasteiger partial charge is 0.243 e. The summed E-state index contributed by atoms with van der Waals surface area (Å²) < 4.78 is 0. The molecule has 0 heterocycles. The molecular formula is C13H24N2O3. The molecule has 3 atom stereocenters. The Balaban J connectivity index is 2.58. The highest BCUT2D eigenvalue weighted by Gasteiger charge is 2.31. The summed E-state index contributed by atoms with van der Waals surface area (Å²) in [6.45, 7) is 5.32. The van der Waals surface area contributed by atoms with Crippen molar-refractivity contribution in [1.29, 1.82) is 0 Å². The summed E-state index contributed by atoms with van der Waals surface area (Å²) in [6.07, 6.45) is 2.89. The number of rotatable bonds is 5. The molecule has 0 aromatic carbocycles. The number of carbonyl (C=O) groups excluding carboxylic acids is 2. The third kappa shape index (κ3) is 3.98. The van der Waals surface area contributed by atoms with Gasteiger partial charge in [-0.25, -0.2) is 0 Å². The van der Waals surface area contributed by atoms with Gasteiger partial charge in [-0.1, -0.05) is 20.3 Å². The molecule has 0 aromatic heterocycles.